The molecule has 2 rings (SSSR count). The summed E-state index contributed by atoms with van der Waals surface area (Å²) in [5.74, 6) is 0.357. The number of carbonyl (C=O) groups excluding carboxylic acids is 2. The molecule has 1 fully saturated rings. The number of rotatable bonds is 5. The first-order valence-electron chi connectivity index (χ1n) is 8.13. The molecular weight excluding hydrogens is 294 g/mol. The number of carbonyl (C=O) groups is 2. The van der Waals surface area contributed by atoms with Gasteiger partial charge in [-0.15, -0.1) is 0 Å². The van der Waals surface area contributed by atoms with Crippen LogP contribution in [-0.2, 0) is 20.7 Å². The van der Waals surface area contributed by atoms with E-state index in [4.69, 9.17) is 9.47 Å². The lowest BCUT2D eigenvalue weighted by molar-refractivity contribution is -0.151. The number of likely N-dealkylation sites (tertiary alicyclic amines) is 1. The first-order valence-corrected chi connectivity index (χ1v) is 8.13. The molecule has 0 spiro atoms. The highest BCUT2D eigenvalue weighted by Crippen LogP contribution is 2.23. The van der Waals surface area contributed by atoms with Crippen LogP contribution < -0.4 is 4.74 Å². The molecule has 1 aromatic carbocycles. The Balaban J connectivity index is 2.03. The minimum atomic E-state index is -0.202. The predicted octanol–water partition coefficient (Wildman–Crippen LogP) is 2.35. The first kappa shape index (κ1) is 17.3. The zero-order chi connectivity index (χ0) is 16.8. The zero-order valence-electron chi connectivity index (χ0n) is 14.1. The van der Waals surface area contributed by atoms with Crippen molar-refractivity contribution in [2.45, 2.75) is 33.1 Å². The van der Waals surface area contributed by atoms with Crippen molar-refractivity contribution >= 4 is 11.9 Å². The van der Waals surface area contributed by atoms with Crippen LogP contribution in [0.4, 0.5) is 0 Å². The highest BCUT2D eigenvalue weighted by molar-refractivity contribution is 5.81. The summed E-state index contributed by atoms with van der Waals surface area (Å²) in [7, 11) is 1.61. The molecule has 1 aliphatic rings. The Labute approximate surface area is 137 Å². The molecule has 23 heavy (non-hydrogen) atoms. The molecule has 5 heteroatoms. The normalized spacial score (nSPS) is 17.7. The van der Waals surface area contributed by atoms with Gasteiger partial charge in [0.2, 0.25) is 5.91 Å². The van der Waals surface area contributed by atoms with Crippen LogP contribution in [0, 0.1) is 12.8 Å². The van der Waals surface area contributed by atoms with Crippen LogP contribution in [0.1, 0.15) is 30.9 Å². The molecule has 0 aromatic heterocycles. The zero-order valence-corrected chi connectivity index (χ0v) is 14.1. The Bertz CT molecular complexity index is 570. The Morgan fingerprint density at radius 3 is 2.83 bits per heavy atom. The van der Waals surface area contributed by atoms with Crippen molar-refractivity contribution in [2.75, 3.05) is 26.8 Å². The SMILES string of the molecule is CCOC(=O)[C@H]1CCCN(C(=O)Cc2cc(C)ccc2OC)C1. The van der Waals surface area contributed by atoms with Gasteiger partial charge >= 0.3 is 5.97 Å². The van der Waals surface area contributed by atoms with Crippen molar-refractivity contribution in [3.05, 3.63) is 29.3 Å². The fourth-order valence-electron chi connectivity index (χ4n) is 2.98. The van der Waals surface area contributed by atoms with Crippen LogP contribution in [0.3, 0.4) is 0 Å². The van der Waals surface area contributed by atoms with Gasteiger partial charge in [0, 0.05) is 18.7 Å². The molecule has 1 aromatic rings. The quantitative estimate of drug-likeness (QED) is 0.782. The molecule has 0 aliphatic carbocycles. The number of benzene rings is 1. The van der Waals surface area contributed by atoms with Crippen LogP contribution in [0.15, 0.2) is 18.2 Å². The summed E-state index contributed by atoms with van der Waals surface area (Å²) in [6, 6.07) is 5.82. The Morgan fingerprint density at radius 1 is 1.35 bits per heavy atom. The molecule has 126 valence electrons. The third-order valence-corrected chi connectivity index (χ3v) is 4.17. The largest absolute Gasteiger partial charge is 0.496 e. The highest BCUT2D eigenvalue weighted by atomic mass is 16.5. The number of hydrogen-bond donors (Lipinski definition) is 0. The number of esters is 1. The molecule has 0 bridgehead atoms. The maximum absolute atomic E-state index is 12.6. The molecule has 0 N–H and O–H groups in total. The van der Waals surface area contributed by atoms with Crippen molar-refractivity contribution < 1.29 is 19.1 Å². The minimum absolute atomic E-state index is 0.0305. The summed E-state index contributed by atoms with van der Waals surface area (Å²) >= 11 is 0. The predicted molar refractivity (Wildman–Crippen MR) is 87.4 cm³/mol. The second-order valence-electron chi connectivity index (χ2n) is 5.92. The van der Waals surface area contributed by atoms with Gasteiger partial charge in [0.05, 0.1) is 26.1 Å². The lowest BCUT2D eigenvalue weighted by atomic mass is 9.97. The van der Waals surface area contributed by atoms with Gasteiger partial charge in [0.15, 0.2) is 0 Å². The number of aryl methyl sites for hydroxylation is 1. The average Bonchev–Trinajstić information content (AvgIpc) is 2.55. The van der Waals surface area contributed by atoms with E-state index in [0.717, 1.165) is 29.7 Å². The molecule has 1 atom stereocenters. The second kappa shape index (κ2) is 7.99. The minimum Gasteiger partial charge on any atom is -0.496 e. The number of nitrogens with zero attached hydrogens (tertiary/aromatic N) is 1. The highest BCUT2D eigenvalue weighted by Gasteiger charge is 2.29. The van der Waals surface area contributed by atoms with E-state index >= 15 is 0 Å². The van der Waals surface area contributed by atoms with Gasteiger partial charge in [-0.05, 0) is 32.8 Å². The van der Waals surface area contributed by atoms with Gasteiger partial charge in [-0.1, -0.05) is 17.7 Å². The third kappa shape index (κ3) is 4.47. The van der Waals surface area contributed by atoms with Gasteiger partial charge in [0.25, 0.3) is 0 Å². The van der Waals surface area contributed by atoms with E-state index in [1.165, 1.54) is 0 Å². The van der Waals surface area contributed by atoms with E-state index < -0.39 is 0 Å². The monoisotopic (exact) mass is 319 g/mol. The summed E-state index contributed by atoms with van der Waals surface area (Å²) < 4.78 is 10.4. The van der Waals surface area contributed by atoms with Gasteiger partial charge < -0.3 is 14.4 Å². The van der Waals surface area contributed by atoms with Crippen LogP contribution in [0.2, 0.25) is 0 Å². The fourth-order valence-corrected chi connectivity index (χ4v) is 2.98. The lowest BCUT2D eigenvalue weighted by Gasteiger charge is -2.31. The molecule has 0 radical (unpaired) electrons. The van der Waals surface area contributed by atoms with Crippen molar-refractivity contribution in [3.63, 3.8) is 0 Å². The maximum atomic E-state index is 12.6. The van der Waals surface area contributed by atoms with Crippen molar-refractivity contribution in [2.24, 2.45) is 5.92 Å². The van der Waals surface area contributed by atoms with E-state index in [0.29, 0.717) is 26.1 Å². The smallest absolute Gasteiger partial charge is 0.310 e. The lowest BCUT2D eigenvalue weighted by Crippen LogP contribution is -2.43. The summed E-state index contributed by atoms with van der Waals surface area (Å²) in [6.07, 6.45) is 1.91. The second-order valence-corrected chi connectivity index (χ2v) is 5.92. The number of amides is 1. The molecule has 1 aliphatic heterocycles. The molecule has 1 heterocycles. The van der Waals surface area contributed by atoms with E-state index in [1.807, 2.05) is 25.1 Å². The maximum Gasteiger partial charge on any atom is 0.310 e. The Kier molecular flexibility index (Phi) is 6.02. The van der Waals surface area contributed by atoms with Crippen LogP contribution in [0.5, 0.6) is 5.75 Å². The number of hydrogen-bond acceptors (Lipinski definition) is 4. The molecule has 5 nitrogen and oxygen atoms in total. The van der Waals surface area contributed by atoms with Crippen molar-refractivity contribution in [3.8, 4) is 5.75 Å². The standard InChI is InChI=1S/C18H25NO4/c1-4-23-18(21)14-6-5-9-19(12-14)17(20)11-15-10-13(2)7-8-16(15)22-3/h7-8,10,14H,4-6,9,11-12H2,1-3H3/t14-/m0/s1. The van der Waals surface area contributed by atoms with E-state index in [-0.39, 0.29) is 17.8 Å². The van der Waals surface area contributed by atoms with E-state index in [2.05, 4.69) is 0 Å². The van der Waals surface area contributed by atoms with Gasteiger partial charge in [-0.25, -0.2) is 0 Å². The molecule has 1 saturated heterocycles. The Hall–Kier alpha value is -2.04. The van der Waals surface area contributed by atoms with E-state index in [1.54, 1.807) is 18.9 Å². The van der Waals surface area contributed by atoms with Crippen LogP contribution >= 0.6 is 0 Å². The topological polar surface area (TPSA) is 55.8 Å². The molecule has 1 amide bonds. The number of methoxy groups -OCH3 is 1. The summed E-state index contributed by atoms with van der Waals surface area (Å²) in [6.45, 7) is 5.32. The van der Waals surface area contributed by atoms with Gasteiger partial charge in [0.1, 0.15) is 5.75 Å². The van der Waals surface area contributed by atoms with Crippen molar-refractivity contribution in [1.29, 1.82) is 0 Å². The van der Waals surface area contributed by atoms with Crippen molar-refractivity contribution in [1.82, 2.24) is 4.90 Å². The van der Waals surface area contributed by atoms with E-state index in [9.17, 15) is 9.59 Å². The number of ether oxygens (including phenoxy) is 2. The average molecular weight is 319 g/mol. The molecular formula is C18H25NO4. The number of piperidine rings is 1. The summed E-state index contributed by atoms with van der Waals surface area (Å²) in [5, 5.41) is 0. The summed E-state index contributed by atoms with van der Waals surface area (Å²) in [4.78, 5) is 26.3. The fraction of sp³-hybridized carbons (Fsp3) is 0.556. The van der Waals surface area contributed by atoms with Crippen LogP contribution in [-0.4, -0.2) is 43.6 Å². The molecule has 0 saturated carbocycles. The van der Waals surface area contributed by atoms with Gasteiger partial charge in [-0.3, -0.25) is 9.59 Å². The van der Waals surface area contributed by atoms with Crippen LogP contribution in [0.25, 0.3) is 0 Å². The summed E-state index contributed by atoms with van der Waals surface area (Å²) in [5.41, 5.74) is 1.98. The molecule has 0 unspecified atom stereocenters. The Morgan fingerprint density at radius 2 is 2.13 bits per heavy atom. The van der Waals surface area contributed by atoms with Gasteiger partial charge in [-0.2, -0.15) is 0 Å². The first-order chi connectivity index (χ1) is 11.0. The third-order valence-electron chi connectivity index (χ3n) is 4.17.